The van der Waals surface area contributed by atoms with E-state index < -0.39 is 46.2 Å². The van der Waals surface area contributed by atoms with Gasteiger partial charge < -0.3 is 0 Å². The van der Waals surface area contributed by atoms with Crippen LogP contribution in [-0.4, -0.2) is 46.6 Å². The zero-order valence-electron chi connectivity index (χ0n) is 12.6. The summed E-state index contributed by atoms with van der Waals surface area (Å²) in [4.78, 5) is 23.9. The van der Waals surface area contributed by atoms with Gasteiger partial charge in [0.25, 0.3) is 0 Å². The molecule has 1 saturated heterocycles. The fourth-order valence-electron chi connectivity index (χ4n) is 2.06. The van der Waals surface area contributed by atoms with E-state index in [9.17, 15) is 31.4 Å². The van der Waals surface area contributed by atoms with Gasteiger partial charge in [-0.05, 0) is 24.6 Å². The van der Waals surface area contributed by atoms with Gasteiger partial charge in [-0.1, -0.05) is 0 Å². The van der Waals surface area contributed by atoms with E-state index in [0.29, 0.717) is 5.01 Å². The van der Waals surface area contributed by atoms with Gasteiger partial charge in [0.2, 0.25) is 5.91 Å². The molecule has 24 heavy (non-hydrogen) atoms. The zero-order chi connectivity index (χ0) is 18.2. The minimum absolute atomic E-state index is 0.0627. The molecule has 1 aliphatic rings. The normalized spacial score (nSPS) is 17.4. The number of urea groups is 1. The maximum absolute atomic E-state index is 14.2. The van der Waals surface area contributed by atoms with Crippen molar-refractivity contribution in [1.29, 1.82) is 0 Å². The van der Waals surface area contributed by atoms with Crippen molar-refractivity contribution in [3.63, 3.8) is 0 Å². The zero-order valence-corrected chi connectivity index (χ0v) is 13.4. The Morgan fingerprint density at radius 3 is 2.50 bits per heavy atom. The van der Waals surface area contributed by atoms with Gasteiger partial charge in [-0.15, -0.1) is 0 Å². The van der Waals surface area contributed by atoms with E-state index in [4.69, 9.17) is 0 Å². The number of alkyl halides is 3. The first-order valence-electron chi connectivity index (χ1n) is 6.60. The van der Waals surface area contributed by atoms with Gasteiger partial charge in [-0.3, -0.25) is 13.9 Å². The fraction of sp³-hybridized carbons (Fsp3) is 0.385. The highest BCUT2D eigenvalue weighted by Crippen LogP contribution is 2.28. The van der Waals surface area contributed by atoms with Crippen molar-refractivity contribution in [2.45, 2.75) is 18.0 Å². The molecule has 1 N–H and O–H groups in total. The SMILES string of the molecule is Cc1cc(F)c(N2NCC(=O)N(C)C2=O)cc1S(=O)CC(F)(F)F. The second-order valence-electron chi connectivity index (χ2n) is 5.08. The molecule has 0 spiro atoms. The number of carbonyl (C=O) groups is 2. The molecule has 6 nitrogen and oxygen atoms in total. The number of benzene rings is 1. The van der Waals surface area contributed by atoms with E-state index in [-0.39, 0.29) is 17.0 Å². The van der Waals surface area contributed by atoms with Crippen LogP contribution in [0.25, 0.3) is 0 Å². The molecule has 1 unspecified atom stereocenters. The Hall–Kier alpha value is -2.01. The number of anilines is 1. The first kappa shape index (κ1) is 18.3. The van der Waals surface area contributed by atoms with Crippen molar-refractivity contribution in [3.05, 3.63) is 23.5 Å². The number of hydrogen-bond acceptors (Lipinski definition) is 4. The molecule has 1 atom stereocenters. The molecule has 1 aromatic carbocycles. The van der Waals surface area contributed by atoms with Crippen LogP contribution >= 0.6 is 0 Å². The van der Waals surface area contributed by atoms with Crippen LogP contribution in [0.2, 0.25) is 0 Å². The lowest BCUT2D eigenvalue weighted by Crippen LogP contribution is -2.60. The van der Waals surface area contributed by atoms with Crippen molar-refractivity contribution >= 4 is 28.4 Å². The molecule has 0 aliphatic carbocycles. The van der Waals surface area contributed by atoms with Crippen molar-refractivity contribution in [2.24, 2.45) is 0 Å². The van der Waals surface area contributed by atoms with Crippen LogP contribution in [-0.2, 0) is 15.6 Å². The number of hydrogen-bond donors (Lipinski definition) is 1. The maximum Gasteiger partial charge on any atom is 0.400 e. The molecule has 0 radical (unpaired) electrons. The summed E-state index contributed by atoms with van der Waals surface area (Å²) in [5, 5.41) is 0.699. The molecule has 132 valence electrons. The third kappa shape index (κ3) is 3.73. The monoisotopic (exact) mass is 367 g/mol. The van der Waals surface area contributed by atoms with Crippen molar-refractivity contribution in [3.8, 4) is 0 Å². The van der Waals surface area contributed by atoms with Crippen LogP contribution in [0.5, 0.6) is 0 Å². The van der Waals surface area contributed by atoms with Gasteiger partial charge >= 0.3 is 12.2 Å². The highest BCUT2D eigenvalue weighted by molar-refractivity contribution is 7.85. The number of hydrazine groups is 1. The maximum atomic E-state index is 14.2. The quantitative estimate of drug-likeness (QED) is 0.826. The number of rotatable bonds is 3. The highest BCUT2D eigenvalue weighted by Gasteiger charge is 2.34. The van der Waals surface area contributed by atoms with Crippen molar-refractivity contribution in [2.75, 3.05) is 24.4 Å². The van der Waals surface area contributed by atoms with E-state index >= 15 is 0 Å². The number of carbonyl (C=O) groups excluding carboxylic acids is 2. The Kier molecular flexibility index (Phi) is 4.95. The molecule has 3 amide bonds. The van der Waals surface area contributed by atoms with E-state index in [1.165, 1.54) is 14.0 Å². The lowest BCUT2D eigenvalue weighted by Gasteiger charge is -2.32. The predicted octanol–water partition coefficient (Wildman–Crippen LogP) is 1.71. The van der Waals surface area contributed by atoms with E-state index in [0.717, 1.165) is 17.0 Å². The average Bonchev–Trinajstić information content (AvgIpc) is 2.44. The topological polar surface area (TPSA) is 69.7 Å². The summed E-state index contributed by atoms with van der Waals surface area (Å²) in [6.07, 6.45) is -4.66. The average molecular weight is 367 g/mol. The highest BCUT2D eigenvalue weighted by atomic mass is 32.2. The van der Waals surface area contributed by atoms with Gasteiger partial charge in [0.05, 0.1) is 23.0 Å². The minimum Gasteiger partial charge on any atom is -0.273 e. The first-order valence-corrected chi connectivity index (χ1v) is 7.92. The molecule has 0 saturated carbocycles. The van der Waals surface area contributed by atoms with Crippen LogP contribution in [0, 0.1) is 12.7 Å². The van der Waals surface area contributed by atoms with E-state index in [1.807, 2.05) is 0 Å². The predicted molar refractivity (Wildman–Crippen MR) is 77.1 cm³/mol. The summed E-state index contributed by atoms with van der Waals surface area (Å²) in [5.74, 6) is -3.04. The number of nitrogens with one attached hydrogen (secondary N) is 1. The van der Waals surface area contributed by atoms with E-state index in [1.54, 1.807) is 0 Å². The molecule has 0 bridgehead atoms. The second kappa shape index (κ2) is 6.48. The standard InChI is InChI=1S/C13H13F4N3O3S/c1-7-3-8(14)9(4-10(7)24(23)6-13(15,16)17)20-12(22)19(2)11(21)5-18-20/h3-4,18H,5-6H2,1-2H3. The fourth-order valence-corrected chi connectivity index (χ4v) is 3.18. The van der Waals surface area contributed by atoms with Crippen LogP contribution in [0.3, 0.4) is 0 Å². The van der Waals surface area contributed by atoms with Gasteiger partial charge in [0.15, 0.2) is 0 Å². The Bertz CT molecular complexity index is 723. The molecule has 2 rings (SSSR count). The number of likely N-dealkylation sites (N-methyl/N-ethyl adjacent to an activating group) is 1. The molecule has 11 heteroatoms. The molecular formula is C13H13F4N3O3S. The molecule has 0 aromatic heterocycles. The number of amides is 3. The third-order valence-electron chi connectivity index (χ3n) is 3.27. The smallest absolute Gasteiger partial charge is 0.273 e. The van der Waals surface area contributed by atoms with Crippen LogP contribution in [0.1, 0.15) is 5.56 Å². The third-order valence-corrected chi connectivity index (χ3v) is 4.79. The first-order chi connectivity index (χ1) is 11.0. The Morgan fingerprint density at radius 1 is 1.29 bits per heavy atom. The van der Waals surface area contributed by atoms with Gasteiger partial charge in [-0.25, -0.2) is 19.6 Å². The van der Waals surface area contributed by atoms with Gasteiger partial charge in [0.1, 0.15) is 11.6 Å². The largest absolute Gasteiger partial charge is 0.400 e. The van der Waals surface area contributed by atoms with Crippen molar-refractivity contribution < 1.29 is 31.4 Å². The van der Waals surface area contributed by atoms with Crippen molar-refractivity contribution in [1.82, 2.24) is 10.3 Å². The molecular weight excluding hydrogens is 354 g/mol. The van der Waals surface area contributed by atoms with Gasteiger partial charge in [-0.2, -0.15) is 13.2 Å². The molecule has 1 heterocycles. The summed E-state index contributed by atoms with van der Waals surface area (Å²) < 4.78 is 63.3. The number of imide groups is 1. The molecule has 1 aromatic rings. The lowest BCUT2D eigenvalue weighted by atomic mass is 10.2. The second-order valence-corrected chi connectivity index (χ2v) is 6.50. The molecule has 1 fully saturated rings. The molecule has 1 aliphatic heterocycles. The van der Waals surface area contributed by atoms with Crippen LogP contribution in [0.4, 0.5) is 28.0 Å². The summed E-state index contributed by atoms with van der Waals surface area (Å²) >= 11 is 0. The number of nitrogens with zero attached hydrogens (tertiary/aromatic N) is 2. The lowest BCUT2D eigenvalue weighted by molar-refractivity contribution is -0.127. The number of halogens is 4. The summed E-state index contributed by atoms with van der Waals surface area (Å²) in [6, 6.07) is 0.910. The van der Waals surface area contributed by atoms with E-state index in [2.05, 4.69) is 5.43 Å². The Morgan fingerprint density at radius 2 is 1.92 bits per heavy atom. The Balaban J connectivity index is 2.41. The summed E-state index contributed by atoms with van der Waals surface area (Å²) in [7, 11) is -1.26. The minimum atomic E-state index is -4.66. The van der Waals surface area contributed by atoms with Gasteiger partial charge in [0, 0.05) is 11.9 Å². The van der Waals surface area contributed by atoms with Crippen LogP contribution in [0.15, 0.2) is 17.0 Å². The number of aryl methyl sites for hydroxylation is 1. The summed E-state index contributed by atoms with van der Waals surface area (Å²) in [5.41, 5.74) is 2.03. The van der Waals surface area contributed by atoms with Crippen LogP contribution < -0.4 is 10.4 Å². The summed E-state index contributed by atoms with van der Waals surface area (Å²) in [6.45, 7) is 1.02. The Labute approximate surface area is 136 Å².